The Balaban J connectivity index is 1.62. The molecule has 2 heterocycles. The molecule has 1 aliphatic rings. The zero-order valence-corrected chi connectivity index (χ0v) is 17.6. The van der Waals surface area contributed by atoms with E-state index in [0.717, 1.165) is 12.2 Å². The van der Waals surface area contributed by atoms with Gasteiger partial charge >= 0.3 is 0 Å². The van der Waals surface area contributed by atoms with Crippen LogP contribution < -0.4 is 20.7 Å². The Hall–Kier alpha value is -3.36. The van der Waals surface area contributed by atoms with Crippen LogP contribution in [0.4, 0.5) is 27.9 Å². The average Bonchev–Trinajstić information content (AvgIpc) is 3.30. The third kappa shape index (κ3) is 5.22. The molecule has 0 amide bonds. The first kappa shape index (κ1) is 20.9. The topological polar surface area (TPSA) is 105 Å². The van der Waals surface area contributed by atoms with Crippen molar-refractivity contribution in [2.24, 2.45) is 5.92 Å². The van der Waals surface area contributed by atoms with E-state index in [1.165, 1.54) is 45.3 Å². The first-order valence-corrected chi connectivity index (χ1v) is 10.6. The summed E-state index contributed by atoms with van der Waals surface area (Å²) < 4.78 is 19.5. The van der Waals surface area contributed by atoms with Crippen LogP contribution >= 0.6 is 0 Å². The van der Waals surface area contributed by atoms with Crippen LogP contribution in [-0.2, 0) is 6.54 Å². The van der Waals surface area contributed by atoms with Crippen LogP contribution in [0.2, 0.25) is 0 Å². The van der Waals surface area contributed by atoms with Crippen LogP contribution in [0.3, 0.4) is 0 Å². The summed E-state index contributed by atoms with van der Waals surface area (Å²) in [4.78, 5) is 18.1. The van der Waals surface area contributed by atoms with Gasteiger partial charge in [-0.3, -0.25) is 0 Å². The summed E-state index contributed by atoms with van der Waals surface area (Å²) in [6, 6.07) is 8.59. The molecule has 3 aromatic rings. The van der Waals surface area contributed by atoms with Crippen molar-refractivity contribution in [3.05, 3.63) is 48.0 Å². The van der Waals surface area contributed by atoms with Crippen LogP contribution in [-0.4, -0.2) is 33.6 Å². The lowest BCUT2D eigenvalue weighted by Gasteiger charge is -2.24. The van der Waals surface area contributed by atoms with Gasteiger partial charge in [0.25, 0.3) is 0 Å². The van der Waals surface area contributed by atoms with E-state index in [1.54, 1.807) is 17.0 Å². The van der Waals surface area contributed by atoms with Crippen molar-refractivity contribution in [3.8, 4) is 5.75 Å². The number of rotatable bonds is 8. The van der Waals surface area contributed by atoms with Gasteiger partial charge in [-0.25, -0.2) is 4.39 Å². The minimum absolute atomic E-state index is 0.113. The number of nitrogens with one attached hydrogen (secondary N) is 2. The largest absolute Gasteiger partial charge is 0.494 e. The molecule has 164 valence electrons. The number of ether oxygens (including phenoxy) is 1. The second-order valence-electron chi connectivity index (χ2n) is 7.80. The smallest absolute Gasteiger partial charge is 0.236 e. The van der Waals surface area contributed by atoms with Crippen LogP contribution in [0, 0.1) is 11.7 Å². The summed E-state index contributed by atoms with van der Waals surface area (Å²) >= 11 is 0. The number of aromatic nitrogens is 4. The molecule has 1 aliphatic carbocycles. The highest BCUT2D eigenvalue weighted by Crippen LogP contribution is 2.30. The summed E-state index contributed by atoms with van der Waals surface area (Å²) in [6.07, 6.45) is 8.11. The number of halogens is 1. The molecule has 1 saturated carbocycles. The number of methoxy groups -OCH3 is 1. The summed E-state index contributed by atoms with van der Waals surface area (Å²) in [7, 11) is 1.44. The van der Waals surface area contributed by atoms with Gasteiger partial charge in [0.2, 0.25) is 17.8 Å². The molecule has 9 heteroatoms. The maximum absolute atomic E-state index is 14.4. The molecule has 0 aliphatic heterocycles. The van der Waals surface area contributed by atoms with Crippen LogP contribution in [0.15, 0.2) is 36.5 Å². The van der Waals surface area contributed by atoms with E-state index in [2.05, 4.69) is 25.3 Å². The van der Waals surface area contributed by atoms with E-state index in [0.29, 0.717) is 30.0 Å². The van der Waals surface area contributed by atoms with E-state index in [9.17, 15) is 4.39 Å². The number of nitrogen functional groups attached to an aromatic ring is 1. The average molecular weight is 426 g/mol. The van der Waals surface area contributed by atoms with Crippen molar-refractivity contribution in [2.45, 2.75) is 38.6 Å². The molecule has 0 atom stereocenters. The number of H-pyrrole nitrogens is 1. The molecule has 0 radical (unpaired) electrons. The highest BCUT2D eigenvalue weighted by atomic mass is 19.1. The third-order valence-electron chi connectivity index (χ3n) is 5.59. The highest BCUT2D eigenvalue weighted by molar-refractivity contribution is 5.60. The van der Waals surface area contributed by atoms with E-state index in [-0.39, 0.29) is 11.7 Å². The molecular formula is C22H28FN7O. The van der Waals surface area contributed by atoms with Gasteiger partial charge in [-0.2, -0.15) is 15.0 Å². The molecule has 0 bridgehead atoms. The molecule has 8 nitrogen and oxygen atoms in total. The van der Waals surface area contributed by atoms with Gasteiger partial charge in [-0.05, 0) is 43.0 Å². The second-order valence-corrected chi connectivity index (χ2v) is 7.80. The lowest BCUT2D eigenvalue weighted by molar-refractivity contribution is 0.373. The van der Waals surface area contributed by atoms with Crippen LogP contribution in [0.25, 0.3) is 0 Å². The highest BCUT2D eigenvalue weighted by Gasteiger charge is 2.19. The molecule has 0 spiro atoms. The molecule has 31 heavy (non-hydrogen) atoms. The Morgan fingerprint density at radius 3 is 2.74 bits per heavy atom. The number of hydrogen-bond acceptors (Lipinski definition) is 7. The Morgan fingerprint density at radius 2 is 2.03 bits per heavy atom. The molecule has 2 aromatic heterocycles. The number of benzene rings is 1. The number of aromatic amines is 1. The minimum Gasteiger partial charge on any atom is -0.494 e. The van der Waals surface area contributed by atoms with Gasteiger partial charge in [0.05, 0.1) is 13.7 Å². The van der Waals surface area contributed by atoms with E-state index in [1.807, 2.05) is 18.3 Å². The fraction of sp³-hybridized carbons (Fsp3) is 0.409. The predicted molar refractivity (Wildman–Crippen MR) is 119 cm³/mol. The molecule has 1 aromatic carbocycles. The van der Waals surface area contributed by atoms with Gasteiger partial charge in [0.1, 0.15) is 0 Å². The molecular weight excluding hydrogens is 397 g/mol. The maximum atomic E-state index is 14.4. The summed E-state index contributed by atoms with van der Waals surface area (Å²) in [5.41, 5.74) is 7.51. The number of hydrogen-bond donors (Lipinski definition) is 3. The lowest BCUT2D eigenvalue weighted by atomic mass is 9.89. The Labute approximate surface area is 181 Å². The number of nitrogens with zero attached hydrogens (tertiary/aromatic N) is 4. The molecule has 4 N–H and O–H groups in total. The first-order chi connectivity index (χ1) is 15.1. The van der Waals surface area contributed by atoms with Crippen molar-refractivity contribution >= 4 is 23.5 Å². The minimum atomic E-state index is -0.464. The predicted octanol–water partition coefficient (Wildman–Crippen LogP) is 4.26. The molecule has 1 fully saturated rings. The van der Waals surface area contributed by atoms with Crippen molar-refractivity contribution in [1.82, 2.24) is 19.9 Å². The van der Waals surface area contributed by atoms with Gasteiger partial charge in [-0.15, -0.1) is 0 Å². The zero-order valence-electron chi connectivity index (χ0n) is 17.6. The second kappa shape index (κ2) is 9.63. The van der Waals surface area contributed by atoms with Gasteiger partial charge < -0.3 is 25.7 Å². The van der Waals surface area contributed by atoms with Crippen molar-refractivity contribution in [1.29, 1.82) is 0 Å². The van der Waals surface area contributed by atoms with E-state index < -0.39 is 5.82 Å². The first-order valence-electron chi connectivity index (χ1n) is 10.6. The summed E-state index contributed by atoms with van der Waals surface area (Å²) in [5, 5.41) is 3.32. The van der Waals surface area contributed by atoms with E-state index in [4.69, 9.17) is 10.5 Å². The van der Waals surface area contributed by atoms with Crippen molar-refractivity contribution in [2.75, 3.05) is 29.6 Å². The fourth-order valence-corrected chi connectivity index (χ4v) is 3.94. The van der Waals surface area contributed by atoms with Crippen LogP contribution in [0.5, 0.6) is 5.75 Å². The SMILES string of the molecule is COc1ccc(N(Cc2ccc[nH]2)c2nc(N)nc(NCC3CCCCC3)n2)cc1F. The number of nitrogens with two attached hydrogens (primary N) is 1. The Kier molecular flexibility index (Phi) is 6.49. The third-order valence-corrected chi connectivity index (χ3v) is 5.59. The van der Waals surface area contributed by atoms with Gasteiger partial charge in [-0.1, -0.05) is 19.3 Å². The van der Waals surface area contributed by atoms with Crippen molar-refractivity contribution < 1.29 is 9.13 Å². The van der Waals surface area contributed by atoms with Crippen molar-refractivity contribution in [3.63, 3.8) is 0 Å². The van der Waals surface area contributed by atoms with Gasteiger partial charge in [0.15, 0.2) is 11.6 Å². The monoisotopic (exact) mass is 425 g/mol. The standard InChI is InChI=1S/C22H28FN7O/c1-31-19-10-9-17(12-18(19)23)30(14-16-8-5-11-25-16)22-28-20(24)27-21(29-22)26-13-15-6-3-2-4-7-15/h5,8-12,15,25H,2-4,6-7,13-14H2,1H3,(H3,24,26,27,28,29). The fourth-order valence-electron chi connectivity index (χ4n) is 3.94. The lowest BCUT2D eigenvalue weighted by Crippen LogP contribution is -2.23. The van der Waals surface area contributed by atoms with Crippen LogP contribution in [0.1, 0.15) is 37.8 Å². The Bertz CT molecular complexity index is 990. The number of anilines is 4. The van der Waals surface area contributed by atoms with E-state index >= 15 is 0 Å². The molecule has 0 unspecified atom stereocenters. The Morgan fingerprint density at radius 1 is 1.19 bits per heavy atom. The normalized spacial score (nSPS) is 14.4. The quantitative estimate of drug-likeness (QED) is 0.495. The maximum Gasteiger partial charge on any atom is 0.236 e. The zero-order chi connectivity index (χ0) is 21.6. The molecule has 0 saturated heterocycles. The molecule has 4 rings (SSSR count). The summed E-state index contributed by atoms with van der Waals surface area (Å²) in [5.74, 6) is 1.21. The van der Waals surface area contributed by atoms with Gasteiger partial charge in [0, 0.05) is 30.2 Å². The summed E-state index contributed by atoms with van der Waals surface area (Å²) in [6.45, 7) is 1.21.